The molecule has 1 amide bonds. The molecule has 2 aromatic rings. The Balaban J connectivity index is 1.79. The largest absolute Gasteiger partial charge is 0.334 e. The fourth-order valence-electron chi connectivity index (χ4n) is 3.90. The summed E-state index contributed by atoms with van der Waals surface area (Å²) in [6, 6.07) is 8.45. The van der Waals surface area contributed by atoms with Crippen molar-refractivity contribution in [2.24, 2.45) is 5.92 Å². The van der Waals surface area contributed by atoms with Crippen LogP contribution < -0.4 is 5.32 Å². The monoisotopic (exact) mass is 295 g/mol. The van der Waals surface area contributed by atoms with E-state index in [2.05, 4.69) is 34.3 Å². The van der Waals surface area contributed by atoms with Crippen LogP contribution in [0.2, 0.25) is 0 Å². The van der Waals surface area contributed by atoms with Crippen LogP contribution in [0.5, 0.6) is 0 Å². The lowest BCUT2D eigenvalue weighted by atomic mass is 10.0. The van der Waals surface area contributed by atoms with Crippen molar-refractivity contribution in [3.63, 3.8) is 0 Å². The number of nitrogens with zero attached hydrogens (tertiary/aromatic N) is 2. The fraction of sp³-hybridized carbons (Fsp3) is 0.444. The first kappa shape index (κ1) is 13.7. The van der Waals surface area contributed by atoms with E-state index in [0.717, 1.165) is 53.8 Å². The summed E-state index contributed by atoms with van der Waals surface area (Å²) in [5, 5.41) is 4.39. The van der Waals surface area contributed by atoms with Crippen LogP contribution in [0, 0.1) is 19.8 Å². The van der Waals surface area contributed by atoms with E-state index >= 15 is 0 Å². The number of benzene rings is 1. The number of carbonyl (C=O) groups excluding carboxylic acids is 1. The summed E-state index contributed by atoms with van der Waals surface area (Å²) in [6.07, 6.45) is 1.12. The molecule has 3 heterocycles. The first-order chi connectivity index (χ1) is 10.6. The maximum Gasteiger partial charge on any atom is 0.254 e. The van der Waals surface area contributed by atoms with Crippen LogP contribution in [-0.4, -0.2) is 41.5 Å². The van der Waals surface area contributed by atoms with Gasteiger partial charge in [-0.3, -0.25) is 9.78 Å². The van der Waals surface area contributed by atoms with Crippen molar-refractivity contribution in [2.75, 3.05) is 19.6 Å². The van der Waals surface area contributed by atoms with Gasteiger partial charge in [0.1, 0.15) is 0 Å². The van der Waals surface area contributed by atoms with Crippen LogP contribution >= 0.6 is 0 Å². The number of likely N-dealkylation sites (tertiary alicyclic amines) is 1. The Morgan fingerprint density at radius 1 is 1.27 bits per heavy atom. The predicted octanol–water partition coefficient (Wildman–Crippen LogP) is 2.29. The maximum absolute atomic E-state index is 13.1. The Kier molecular flexibility index (Phi) is 3.15. The van der Waals surface area contributed by atoms with Crippen LogP contribution in [0.4, 0.5) is 0 Å². The van der Waals surface area contributed by atoms with Crippen molar-refractivity contribution >= 4 is 16.8 Å². The molecular weight excluding hydrogens is 274 g/mol. The molecule has 0 spiro atoms. The first-order valence-electron chi connectivity index (χ1n) is 8.03. The van der Waals surface area contributed by atoms with E-state index in [1.807, 2.05) is 19.1 Å². The molecule has 4 rings (SSSR count). The maximum atomic E-state index is 13.1. The molecule has 0 bridgehead atoms. The molecule has 2 fully saturated rings. The quantitative estimate of drug-likeness (QED) is 0.878. The topological polar surface area (TPSA) is 45.2 Å². The van der Waals surface area contributed by atoms with Gasteiger partial charge >= 0.3 is 0 Å². The Morgan fingerprint density at radius 2 is 2.14 bits per heavy atom. The van der Waals surface area contributed by atoms with Gasteiger partial charge < -0.3 is 10.2 Å². The molecule has 4 heteroatoms. The molecule has 2 atom stereocenters. The highest BCUT2D eigenvalue weighted by Crippen LogP contribution is 2.30. The van der Waals surface area contributed by atoms with E-state index in [1.165, 1.54) is 0 Å². The summed E-state index contributed by atoms with van der Waals surface area (Å²) in [6.45, 7) is 6.87. The number of carbonyl (C=O) groups is 1. The molecule has 1 N–H and O–H groups in total. The minimum Gasteiger partial charge on any atom is -0.334 e. The van der Waals surface area contributed by atoms with Gasteiger partial charge in [0.05, 0.1) is 11.1 Å². The third kappa shape index (κ3) is 2.10. The van der Waals surface area contributed by atoms with Gasteiger partial charge in [0, 0.05) is 36.8 Å². The molecule has 4 nitrogen and oxygen atoms in total. The number of pyridine rings is 1. The zero-order valence-corrected chi connectivity index (χ0v) is 13.1. The van der Waals surface area contributed by atoms with Gasteiger partial charge in [-0.15, -0.1) is 0 Å². The van der Waals surface area contributed by atoms with Crippen LogP contribution in [0.1, 0.15) is 28.0 Å². The summed E-state index contributed by atoms with van der Waals surface area (Å²) in [4.78, 5) is 19.8. The Morgan fingerprint density at radius 3 is 3.00 bits per heavy atom. The predicted molar refractivity (Wildman–Crippen MR) is 87.0 cm³/mol. The number of nitrogens with one attached hydrogen (secondary N) is 1. The highest BCUT2D eigenvalue weighted by molar-refractivity contribution is 6.06. The van der Waals surface area contributed by atoms with Gasteiger partial charge in [-0.1, -0.05) is 11.6 Å². The molecule has 2 aliphatic heterocycles. The smallest absolute Gasteiger partial charge is 0.254 e. The average molecular weight is 295 g/mol. The third-order valence-electron chi connectivity index (χ3n) is 5.03. The molecule has 0 radical (unpaired) electrons. The highest BCUT2D eigenvalue weighted by atomic mass is 16.2. The van der Waals surface area contributed by atoms with Crippen molar-refractivity contribution in [2.45, 2.75) is 26.3 Å². The lowest BCUT2D eigenvalue weighted by Gasteiger charge is -2.24. The Labute approximate surface area is 130 Å². The van der Waals surface area contributed by atoms with Gasteiger partial charge in [0.25, 0.3) is 5.91 Å². The van der Waals surface area contributed by atoms with E-state index < -0.39 is 0 Å². The number of hydrogen-bond donors (Lipinski definition) is 1. The van der Waals surface area contributed by atoms with Crippen molar-refractivity contribution in [1.82, 2.24) is 15.2 Å². The molecule has 22 heavy (non-hydrogen) atoms. The van der Waals surface area contributed by atoms with E-state index in [0.29, 0.717) is 12.0 Å². The minimum absolute atomic E-state index is 0.164. The standard InChI is InChI=1S/C18H21N3O/c1-11-3-4-16-14(7-11)15(8-12(2)20-16)18(22)21-6-5-13-9-19-10-17(13)21/h3-4,7-8,13,17,19H,5-6,9-10H2,1-2H3/t13-,17+/m0/s1. The van der Waals surface area contributed by atoms with Crippen LogP contribution in [-0.2, 0) is 0 Å². The van der Waals surface area contributed by atoms with Crippen LogP contribution in [0.15, 0.2) is 24.3 Å². The van der Waals surface area contributed by atoms with Crippen molar-refractivity contribution in [3.8, 4) is 0 Å². The summed E-state index contributed by atoms with van der Waals surface area (Å²) in [7, 11) is 0. The number of aryl methyl sites for hydroxylation is 2. The normalized spacial score (nSPS) is 24.0. The van der Waals surface area contributed by atoms with Gasteiger partial charge in [-0.2, -0.15) is 0 Å². The Hall–Kier alpha value is -1.94. The van der Waals surface area contributed by atoms with Gasteiger partial charge in [0.2, 0.25) is 0 Å². The molecule has 1 aromatic carbocycles. The number of aromatic nitrogens is 1. The van der Waals surface area contributed by atoms with E-state index in [4.69, 9.17) is 0 Å². The van der Waals surface area contributed by atoms with Gasteiger partial charge in [-0.05, 0) is 44.4 Å². The minimum atomic E-state index is 0.164. The first-order valence-corrected chi connectivity index (χ1v) is 8.03. The molecule has 0 aliphatic carbocycles. The van der Waals surface area contributed by atoms with Crippen molar-refractivity contribution < 1.29 is 4.79 Å². The zero-order chi connectivity index (χ0) is 15.3. The summed E-state index contributed by atoms with van der Waals surface area (Å²) < 4.78 is 0. The molecule has 1 aromatic heterocycles. The van der Waals surface area contributed by atoms with Gasteiger partial charge in [0.15, 0.2) is 0 Å². The van der Waals surface area contributed by atoms with Crippen molar-refractivity contribution in [1.29, 1.82) is 0 Å². The van der Waals surface area contributed by atoms with E-state index in [1.54, 1.807) is 0 Å². The lowest BCUT2D eigenvalue weighted by molar-refractivity contribution is 0.0739. The lowest BCUT2D eigenvalue weighted by Crippen LogP contribution is -2.39. The highest BCUT2D eigenvalue weighted by Gasteiger charge is 2.40. The van der Waals surface area contributed by atoms with Crippen LogP contribution in [0.3, 0.4) is 0 Å². The third-order valence-corrected chi connectivity index (χ3v) is 5.03. The summed E-state index contributed by atoms with van der Waals surface area (Å²) in [5.41, 5.74) is 3.78. The van der Waals surface area contributed by atoms with Crippen molar-refractivity contribution in [3.05, 3.63) is 41.1 Å². The van der Waals surface area contributed by atoms with E-state index in [9.17, 15) is 4.79 Å². The van der Waals surface area contributed by atoms with Gasteiger partial charge in [-0.25, -0.2) is 0 Å². The number of rotatable bonds is 1. The Bertz CT molecular complexity index is 755. The summed E-state index contributed by atoms with van der Waals surface area (Å²) in [5.74, 6) is 0.789. The fourth-order valence-corrected chi connectivity index (χ4v) is 3.90. The molecule has 114 valence electrons. The van der Waals surface area contributed by atoms with Crippen LogP contribution in [0.25, 0.3) is 10.9 Å². The molecule has 0 unspecified atom stereocenters. The molecule has 2 aliphatic rings. The number of hydrogen-bond acceptors (Lipinski definition) is 3. The average Bonchev–Trinajstić information content (AvgIpc) is 3.09. The SMILES string of the molecule is Cc1ccc2nc(C)cc(C(=O)N3CC[C@H]4CNC[C@H]43)c2c1. The second kappa shape index (κ2) is 5.06. The zero-order valence-electron chi connectivity index (χ0n) is 13.1. The second-order valence-electron chi connectivity index (χ2n) is 6.60. The second-order valence-corrected chi connectivity index (χ2v) is 6.60. The number of fused-ring (bicyclic) bond motifs is 2. The van der Waals surface area contributed by atoms with E-state index in [-0.39, 0.29) is 5.91 Å². The molecule has 0 saturated carbocycles. The number of amides is 1. The summed E-state index contributed by atoms with van der Waals surface area (Å²) >= 11 is 0. The molecular formula is C18H21N3O. The molecule has 2 saturated heterocycles.